The second kappa shape index (κ2) is 6.99. The van der Waals surface area contributed by atoms with Gasteiger partial charge in [-0.3, -0.25) is 4.79 Å². The quantitative estimate of drug-likeness (QED) is 0.695. The summed E-state index contributed by atoms with van der Waals surface area (Å²) in [6.07, 6.45) is 7.09. The number of aryl methyl sites for hydroxylation is 1. The van der Waals surface area contributed by atoms with Crippen molar-refractivity contribution in [3.8, 4) is 11.1 Å². The monoisotopic (exact) mass is 427 g/mol. The first-order valence-electron chi connectivity index (χ1n) is 10.2. The van der Waals surface area contributed by atoms with Crippen LogP contribution in [0.3, 0.4) is 0 Å². The molecule has 0 spiro atoms. The third kappa shape index (κ3) is 3.24. The predicted molar refractivity (Wildman–Crippen MR) is 118 cm³/mol. The number of aromatic nitrogens is 2. The Morgan fingerprint density at radius 3 is 2.83 bits per heavy atom. The van der Waals surface area contributed by atoms with Crippen molar-refractivity contribution in [2.45, 2.75) is 31.2 Å². The molecule has 158 valence electrons. The standard InChI is InChI=1S/C22H25N3O4S/c1-24-11-18-17-8-14(13-30(2,27)28)5-6-19(17)25(16-4-3-7-29-12-16)10-15-9-23-21(20(15)18)22(24)26/h5-6,8-9,11,16,23H,3-4,7,10,12-13H2,1-2H3. The lowest BCUT2D eigenvalue weighted by Gasteiger charge is -2.36. The Morgan fingerprint density at radius 1 is 1.27 bits per heavy atom. The van der Waals surface area contributed by atoms with E-state index < -0.39 is 9.84 Å². The molecular formula is C22H25N3O4S. The van der Waals surface area contributed by atoms with Crippen LogP contribution in [-0.2, 0) is 33.9 Å². The van der Waals surface area contributed by atoms with Crippen molar-refractivity contribution in [1.82, 2.24) is 9.55 Å². The number of nitrogens with one attached hydrogen (secondary N) is 1. The molecule has 1 aromatic carbocycles. The molecule has 8 heteroatoms. The summed E-state index contributed by atoms with van der Waals surface area (Å²) in [7, 11) is -1.41. The number of hydrogen-bond acceptors (Lipinski definition) is 5. The number of nitrogens with zero attached hydrogens (tertiary/aromatic N) is 2. The van der Waals surface area contributed by atoms with Gasteiger partial charge in [0.25, 0.3) is 5.56 Å². The van der Waals surface area contributed by atoms with E-state index in [4.69, 9.17) is 4.74 Å². The van der Waals surface area contributed by atoms with Crippen LogP contribution >= 0.6 is 0 Å². The van der Waals surface area contributed by atoms with Crippen LogP contribution in [0.15, 0.2) is 35.4 Å². The van der Waals surface area contributed by atoms with Crippen molar-refractivity contribution in [3.63, 3.8) is 0 Å². The number of H-pyrrole nitrogens is 1. The predicted octanol–water partition coefficient (Wildman–Crippen LogP) is 2.58. The fraction of sp³-hybridized carbons (Fsp3) is 0.409. The summed E-state index contributed by atoms with van der Waals surface area (Å²) >= 11 is 0. The molecule has 0 bridgehead atoms. The van der Waals surface area contributed by atoms with Crippen LogP contribution in [0.2, 0.25) is 0 Å². The topological polar surface area (TPSA) is 84.4 Å². The molecule has 1 saturated heterocycles. The van der Waals surface area contributed by atoms with E-state index in [1.54, 1.807) is 11.6 Å². The average molecular weight is 428 g/mol. The minimum atomic E-state index is -3.16. The number of benzene rings is 1. The Balaban J connectivity index is 1.77. The Kier molecular flexibility index (Phi) is 4.52. The third-order valence-corrected chi connectivity index (χ3v) is 6.95. The molecule has 30 heavy (non-hydrogen) atoms. The van der Waals surface area contributed by atoms with Crippen LogP contribution in [-0.4, -0.2) is 43.5 Å². The maximum Gasteiger partial charge on any atom is 0.274 e. The zero-order valence-electron chi connectivity index (χ0n) is 17.1. The Morgan fingerprint density at radius 2 is 2.10 bits per heavy atom. The highest BCUT2D eigenvalue weighted by molar-refractivity contribution is 7.89. The number of anilines is 1. The van der Waals surface area contributed by atoms with Crippen LogP contribution < -0.4 is 10.5 Å². The van der Waals surface area contributed by atoms with Gasteiger partial charge in [-0.2, -0.15) is 0 Å². The number of aromatic amines is 1. The fourth-order valence-corrected chi connectivity index (χ4v) is 5.55. The van der Waals surface area contributed by atoms with Crippen molar-refractivity contribution in [2.24, 2.45) is 7.05 Å². The lowest BCUT2D eigenvalue weighted by Crippen LogP contribution is -2.40. The summed E-state index contributed by atoms with van der Waals surface area (Å²) in [6, 6.07) is 6.13. The highest BCUT2D eigenvalue weighted by atomic mass is 32.2. The summed E-state index contributed by atoms with van der Waals surface area (Å²) < 4.78 is 31.2. The molecule has 2 aliphatic heterocycles. The van der Waals surface area contributed by atoms with E-state index in [1.807, 2.05) is 30.6 Å². The second-order valence-corrected chi connectivity index (χ2v) is 10.6. The van der Waals surface area contributed by atoms with E-state index in [0.29, 0.717) is 18.7 Å². The molecule has 7 nitrogen and oxygen atoms in total. The van der Waals surface area contributed by atoms with Gasteiger partial charge in [0.2, 0.25) is 0 Å². The molecule has 1 fully saturated rings. The molecule has 1 atom stereocenters. The Hall–Kier alpha value is -2.58. The van der Waals surface area contributed by atoms with Crippen LogP contribution in [0.1, 0.15) is 24.0 Å². The largest absolute Gasteiger partial charge is 0.379 e. The highest BCUT2D eigenvalue weighted by Gasteiger charge is 2.30. The number of pyridine rings is 1. The zero-order chi connectivity index (χ0) is 21.0. The fourth-order valence-electron chi connectivity index (χ4n) is 4.77. The van der Waals surface area contributed by atoms with Crippen molar-refractivity contribution >= 4 is 26.4 Å². The molecule has 5 rings (SSSR count). The first kappa shape index (κ1) is 19.4. The maximum atomic E-state index is 12.7. The molecular weight excluding hydrogens is 402 g/mol. The highest BCUT2D eigenvalue weighted by Crippen LogP contribution is 2.42. The molecule has 0 amide bonds. The average Bonchev–Trinajstić information content (AvgIpc) is 3.07. The summed E-state index contributed by atoms with van der Waals surface area (Å²) in [5.41, 5.74) is 5.31. The van der Waals surface area contributed by atoms with Gasteiger partial charge < -0.3 is 19.2 Å². The number of fused-ring (bicyclic) bond motifs is 2. The van der Waals surface area contributed by atoms with Gasteiger partial charge >= 0.3 is 0 Å². The molecule has 4 heterocycles. The minimum Gasteiger partial charge on any atom is -0.379 e. The molecule has 0 saturated carbocycles. The van der Waals surface area contributed by atoms with Crippen LogP contribution in [0.5, 0.6) is 0 Å². The van der Waals surface area contributed by atoms with Crippen LogP contribution in [0.4, 0.5) is 5.69 Å². The second-order valence-electron chi connectivity index (χ2n) is 8.44. The molecule has 1 unspecified atom stereocenters. The molecule has 2 aliphatic rings. The third-order valence-electron chi connectivity index (χ3n) is 6.10. The van der Waals surface area contributed by atoms with Gasteiger partial charge in [-0.15, -0.1) is 0 Å². The van der Waals surface area contributed by atoms with E-state index in [1.165, 1.54) is 6.26 Å². The van der Waals surface area contributed by atoms with Gasteiger partial charge in [0, 0.05) is 61.0 Å². The Labute approximate surface area is 175 Å². The smallest absolute Gasteiger partial charge is 0.274 e. The van der Waals surface area contributed by atoms with E-state index in [-0.39, 0.29) is 17.4 Å². The van der Waals surface area contributed by atoms with Crippen LogP contribution in [0.25, 0.3) is 22.0 Å². The summed E-state index contributed by atoms with van der Waals surface area (Å²) in [6.45, 7) is 2.12. The van der Waals surface area contributed by atoms with E-state index in [2.05, 4.69) is 9.88 Å². The van der Waals surface area contributed by atoms with E-state index in [0.717, 1.165) is 52.8 Å². The maximum absolute atomic E-state index is 12.7. The van der Waals surface area contributed by atoms with E-state index in [9.17, 15) is 13.2 Å². The normalized spacial score (nSPS) is 19.0. The van der Waals surface area contributed by atoms with Gasteiger partial charge in [0.1, 0.15) is 5.52 Å². The molecule has 1 N–H and O–H groups in total. The van der Waals surface area contributed by atoms with Gasteiger partial charge in [-0.05, 0) is 36.1 Å². The van der Waals surface area contributed by atoms with Crippen LogP contribution in [0, 0.1) is 0 Å². The molecule has 3 aromatic rings. The SMILES string of the molecule is Cn1cc2c3c(c[nH]c3c1=O)CN(C1CCCOC1)c1ccc(CS(C)(=O)=O)cc1-2. The first-order chi connectivity index (χ1) is 14.3. The Bertz CT molecular complexity index is 1300. The summed E-state index contributed by atoms with van der Waals surface area (Å²) in [5, 5.41) is 0.926. The molecule has 0 aliphatic carbocycles. The minimum absolute atomic E-state index is 0.0122. The zero-order valence-corrected chi connectivity index (χ0v) is 18.0. The van der Waals surface area contributed by atoms with Gasteiger partial charge in [-0.1, -0.05) is 6.07 Å². The van der Waals surface area contributed by atoms with Gasteiger partial charge in [0.15, 0.2) is 9.84 Å². The lowest BCUT2D eigenvalue weighted by atomic mass is 9.98. The van der Waals surface area contributed by atoms with Crippen molar-refractivity contribution in [1.29, 1.82) is 0 Å². The number of hydrogen-bond donors (Lipinski definition) is 1. The first-order valence-corrected chi connectivity index (χ1v) is 12.2. The number of sulfone groups is 1. The van der Waals surface area contributed by atoms with Crippen molar-refractivity contribution in [3.05, 3.63) is 52.1 Å². The summed E-state index contributed by atoms with van der Waals surface area (Å²) in [5.74, 6) is -0.0122. The van der Waals surface area contributed by atoms with Crippen molar-refractivity contribution < 1.29 is 13.2 Å². The molecule has 2 aromatic heterocycles. The number of rotatable bonds is 3. The lowest BCUT2D eigenvalue weighted by molar-refractivity contribution is 0.0789. The molecule has 0 radical (unpaired) electrons. The van der Waals surface area contributed by atoms with Crippen molar-refractivity contribution in [2.75, 3.05) is 24.4 Å². The number of ether oxygens (including phenoxy) is 1. The van der Waals surface area contributed by atoms with Gasteiger partial charge in [0.05, 0.1) is 18.4 Å². The summed E-state index contributed by atoms with van der Waals surface area (Å²) in [4.78, 5) is 18.2. The van der Waals surface area contributed by atoms with E-state index >= 15 is 0 Å². The van der Waals surface area contributed by atoms with Gasteiger partial charge in [-0.25, -0.2) is 8.42 Å².